The summed E-state index contributed by atoms with van der Waals surface area (Å²) in [5, 5.41) is 27.3. The van der Waals surface area contributed by atoms with Crippen molar-refractivity contribution in [1.82, 2.24) is 0 Å². The van der Waals surface area contributed by atoms with Crippen LogP contribution in [0, 0.1) is 17.5 Å². The summed E-state index contributed by atoms with van der Waals surface area (Å²) in [6.07, 6.45) is 0. The van der Waals surface area contributed by atoms with Gasteiger partial charge in [0.15, 0.2) is 17.5 Å². The zero-order chi connectivity index (χ0) is 14.2. The molecule has 6 nitrogen and oxygen atoms in total. The summed E-state index contributed by atoms with van der Waals surface area (Å²) in [7, 11) is 0. The number of carboxylic acids is 3. The molecule has 0 atom stereocenters. The van der Waals surface area contributed by atoms with E-state index in [1.807, 2.05) is 0 Å². The minimum absolute atomic E-state index is 0. The first-order valence-electron chi connectivity index (χ1n) is 4.08. The Balaban J connectivity index is 0.00000324. The fourth-order valence-electron chi connectivity index (χ4n) is 1.22. The molecular weight excluding hydrogens is 300 g/mol. The predicted octanol–water partition coefficient (Wildman–Crippen LogP) is -3.13. The molecule has 0 saturated carbocycles. The number of benzene rings is 1. The van der Waals surface area contributed by atoms with Gasteiger partial charge in [0.05, 0.1) is 11.5 Å². The van der Waals surface area contributed by atoms with E-state index in [1.165, 1.54) is 0 Å². The van der Waals surface area contributed by atoms with Crippen molar-refractivity contribution in [2.45, 2.75) is 0 Å². The van der Waals surface area contributed by atoms with E-state index in [-0.39, 0.29) is 51.4 Å². The summed E-state index contributed by atoms with van der Waals surface area (Å²) < 4.78 is 39.8. The molecule has 0 aromatic heterocycles. The molecular formula is C9H2F3KO6. The molecule has 0 aliphatic rings. The van der Waals surface area contributed by atoms with Gasteiger partial charge in [-0.25, -0.2) is 22.8 Å². The number of rotatable bonds is 3. The van der Waals surface area contributed by atoms with E-state index in [0.717, 1.165) is 0 Å². The molecule has 0 radical (unpaired) electrons. The summed E-state index contributed by atoms with van der Waals surface area (Å²) >= 11 is 0. The summed E-state index contributed by atoms with van der Waals surface area (Å²) in [5.41, 5.74) is -5.72. The van der Waals surface area contributed by atoms with E-state index in [4.69, 9.17) is 10.2 Å². The maximum absolute atomic E-state index is 13.3. The fourth-order valence-corrected chi connectivity index (χ4v) is 1.22. The number of hydrogen-bond donors (Lipinski definition) is 2. The van der Waals surface area contributed by atoms with Gasteiger partial charge in [0, 0.05) is 0 Å². The number of carbonyl (C=O) groups excluding carboxylic acids is 1. The first-order valence-corrected chi connectivity index (χ1v) is 4.08. The second-order valence-electron chi connectivity index (χ2n) is 2.96. The number of hydrogen-bond acceptors (Lipinski definition) is 4. The topological polar surface area (TPSA) is 115 Å². The van der Waals surface area contributed by atoms with Crippen LogP contribution in [0.15, 0.2) is 0 Å². The van der Waals surface area contributed by atoms with Gasteiger partial charge < -0.3 is 20.1 Å². The first kappa shape index (κ1) is 18.1. The van der Waals surface area contributed by atoms with Crippen molar-refractivity contribution in [3.8, 4) is 0 Å². The number of carbonyl (C=O) groups is 3. The molecule has 10 heteroatoms. The van der Waals surface area contributed by atoms with Gasteiger partial charge in [0.2, 0.25) is 0 Å². The van der Waals surface area contributed by atoms with Crippen LogP contribution in [0.2, 0.25) is 0 Å². The monoisotopic (exact) mass is 302 g/mol. The molecule has 0 fully saturated rings. The van der Waals surface area contributed by atoms with E-state index in [2.05, 4.69) is 0 Å². The summed E-state index contributed by atoms with van der Waals surface area (Å²) in [4.78, 5) is 31.4. The fraction of sp³-hybridized carbons (Fsp3) is 0. The summed E-state index contributed by atoms with van der Waals surface area (Å²) in [6, 6.07) is 0. The Labute approximate surface area is 145 Å². The van der Waals surface area contributed by atoms with Crippen LogP contribution in [0.4, 0.5) is 13.2 Å². The SMILES string of the molecule is O=C([O-])c1c(F)c(C(=O)O)c(F)c(C(=O)O)c1F.[K+]. The van der Waals surface area contributed by atoms with Crippen molar-refractivity contribution < 1.29 is 94.3 Å². The molecule has 0 saturated heterocycles. The van der Waals surface area contributed by atoms with E-state index in [1.54, 1.807) is 0 Å². The van der Waals surface area contributed by atoms with Gasteiger partial charge in [-0.05, 0) is 0 Å². The molecule has 0 bridgehead atoms. The van der Waals surface area contributed by atoms with Crippen molar-refractivity contribution in [2.75, 3.05) is 0 Å². The van der Waals surface area contributed by atoms with Gasteiger partial charge in [-0.3, -0.25) is 0 Å². The normalized spacial score (nSPS) is 9.63. The van der Waals surface area contributed by atoms with Crippen molar-refractivity contribution in [3.05, 3.63) is 34.1 Å². The molecule has 1 rings (SSSR count). The van der Waals surface area contributed by atoms with Gasteiger partial charge in [-0.2, -0.15) is 0 Å². The summed E-state index contributed by atoms with van der Waals surface area (Å²) in [6.45, 7) is 0. The molecule has 1 aromatic carbocycles. The Morgan fingerprint density at radius 2 is 1.05 bits per heavy atom. The molecule has 2 N–H and O–H groups in total. The maximum Gasteiger partial charge on any atom is 1.00 e. The number of aromatic carboxylic acids is 3. The molecule has 19 heavy (non-hydrogen) atoms. The smallest absolute Gasteiger partial charge is 0.545 e. The third kappa shape index (κ3) is 3.15. The Bertz CT molecular complexity index is 484. The van der Waals surface area contributed by atoms with Crippen LogP contribution in [0.5, 0.6) is 0 Å². The molecule has 0 amide bonds. The van der Waals surface area contributed by atoms with Gasteiger partial charge in [0.25, 0.3) is 0 Å². The molecule has 96 valence electrons. The standard InChI is InChI=1S/C9H3F3O6.K/c10-4-1(7(13)14)5(11)3(9(17)18)6(12)2(4)8(15)16;/h(H,13,14)(H,15,16)(H,17,18);/q;+1/p-1. The van der Waals surface area contributed by atoms with Crippen LogP contribution in [-0.4, -0.2) is 28.1 Å². The van der Waals surface area contributed by atoms with E-state index in [0.29, 0.717) is 0 Å². The maximum atomic E-state index is 13.3. The molecule has 0 unspecified atom stereocenters. The van der Waals surface area contributed by atoms with Crippen molar-refractivity contribution >= 4 is 17.9 Å². The summed E-state index contributed by atoms with van der Waals surface area (Å²) in [5.74, 6) is -13.8. The van der Waals surface area contributed by atoms with Crippen molar-refractivity contribution in [1.29, 1.82) is 0 Å². The van der Waals surface area contributed by atoms with Gasteiger partial charge in [-0.15, -0.1) is 0 Å². The number of halogens is 3. The average Bonchev–Trinajstić information content (AvgIpc) is 2.14. The van der Waals surface area contributed by atoms with Gasteiger partial charge in [-0.1, -0.05) is 0 Å². The molecule has 1 aromatic rings. The van der Waals surface area contributed by atoms with E-state index in [9.17, 15) is 32.7 Å². The molecule has 0 heterocycles. The van der Waals surface area contributed by atoms with Gasteiger partial charge in [0.1, 0.15) is 11.1 Å². The Morgan fingerprint density at radius 3 is 1.26 bits per heavy atom. The van der Waals surface area contributed by atoms with E-state index >= 15 is 0 Å². The van der Waals surface area contributed by atoms with Crippen LogP contribution in [0.1, 0.15) is 31.1 Å². The molecule has 0 aliphatic carbocycles. The third-order valence-corrected chi connectivity index (χ3v) is 1.95. The third-order valence-electron chi connectivity index (χ3n) is 1.95. The zero-order valence-corrected chi connectivity index (χ0v) is 12.3. The minimum atomic E-state index is -2.50. The average molecular weight is 302 g/mol. The van der Waals surface area contributed by atoms with E-state index < -0.39 is 52.0 Å². The van der Waals surface area contributed by atoms with Crippen LogP contribution in [0.3, 0.4) is 0 Å². The van der Waals surface area contributed by atoms with Gasteiger partial charge >= 0.3 is 63.3 Å². The second kappa shape index (κ2) is 6.48. The number of carboxylic acid groups (broad SMARTS) is 3. The van der Waals surface area contributed by atoms with Crippen molar-refractivity contribution in [3.63, 3.8) is 0 Å². The zero-order valence-electron chi connectivity index (χ0n) is 9.16. The first-order chi connectivity index (χ1) is 8.20. The second-order valence-corrected chi connectivity index (χ2v) is 2.96. The predicted molar refractivity (Wildman–Crippen MR) is 44.6 cm³/mol. The molecule has 0 spiro atoms. The van der Waals surface area contributed by atoms with Crippen LogP contribution in [0.25, 0.3) is 0 Å². The minimum Gasteiger partial charge on any atom is -0.545 e. The van der Waals surface area contributed by atoms with Crippen LogP contribution >= 0.6 is 0 Å². The van der Waals surface area contributed by atoms with Crippen LogP contribution in [-0.2, 0) is 0 Å². The van der Waals surface area contributed by atoms with Crippen LogP contribution < -0.4 is 56.5 Å². The largest absolute Gasteiger partial charge is 1.00 e. The van der Waals surface area contributed by atoms with Crippen molar-refractivity contribution in [2.24, 2.45) is 0 Å². The Morgan fingerprint density at radius 1 is 0.789 bits per heavy atom. The molecule has 0 aliphatic heterocycles. The quantitative estimate of drug-likeness (QED) is 0.571. The Kier molecular flexibility index (Phi) is 6.16. The Hall–Kier alpha value is -0.944.